The van der Waals surface area contributed by atoms with E-state index in [0.717, 1.165) is 37.7 Å². The predicted molar refractivity (Wildman–Crippen MR) is 127 cm³/mol. The standard InChI is InChI=1S/C27H42F3NO3/c1-17(6-4-7-18(2)32)23-11-12-24-20(8-5-13-26(23,24)3)10-9-19-14-21(16-22(33)15-19)31-25(34)27(28,29)30/h9-10,17-18,21-24,32-33H,4-8,11-16H2,1-3H3,(H,31,34)/b19-9+,20-10+/t17-,18?,21-,22-,23-,24+,26-/m1/s1. The van der Waals surface area contributed by atoms with Crippen molar-refractivity contribution in [3.05, 3.63) is 23.3 Å². The Morgan fingerprint density at radius 1 is 1.21 bits per heavy atom. The first-order chi connectivity index (χ1) is 15.9. The van der Waals surface area contributed by atoms with Crippen molar-refractivity contribution in [1.29, 1.82) is 0 Å². The van der Waals surface area contributed by atoms with Crippen molar-refractivity contribution in [1.82, 2.24) is 5.32 Å². The van der Waals surface area contributed by atoms with E-state index in [1.807, 2.05) is 18.3 Å². The quantitative estimate of drug-likeness (QED) is 0.425. The van der Waals surface area contributed by atoms with Crippen LogP contribution in [0.5, 0.6) is 0 Å². The monoisotopic (exact) mass is 485 g/mol. The van der Waals surface area contributed by atoms with Gasteiger partial charge in [-0.15, -0.1) is 0 Å². The first-order valence-corrected chi connectivity index (χ1v) is 13.0. The number of halogens is 3. The Labute approximate surface area is 202 Å². The van der Waals surface area contributed by atoms with E-state index in [2.05, 4.69) is 19.9 Å². The number of aliphatic hydroxyl groups excluding tert-OH is 2. The summed E-state index contributed by atoms with van der Waals surface area (Å²) < 4.78 is 37.9. The Kier molecular flexibility index (Phi) is 8.94. The second-order valence-electron chi connectivity index (χ2n) is 11.4. The third-order valence-electron chi connectivity index (χ3n) is 8.69. The molecule has 7 heteroatoms. The average molecular weight is 486 g/mol. The smallest absolute Gasteiger partial charge is 0.393 e. The van der Waals surface area contributed by atoms with Gasteiger partial charge in [-0.1, -0.05) is 50.0 Å². The molecule has 7 atom stereocenters. The van der Waals surface area contributed by atoms with E-state index in [1.54, 1.807) is 0 Å². The lowest BCUT2D eigenvalue weighted by Crippen LogP contribution is -2.46. The molecular formula is C27H42F3NO3. The fourth-order valence-electron chi connectivity index (χ4n) is 7.09. The van der Waals surface area contributed by atoms with Gasteiger partial charge >= 0.3 is 12.1 Å². The van der Waals surface area contributed by atoms with Gasteiger partial charge in [0.05, 0.1) is 12.2 Å². The molecule has 0 aromatic carbocycles. The maximum absolute atomic E-state index is 12.6. The number of alkyl halides is 3. The Morgan fingerprint density at radius 3 is 2.62 bits per heavy atom. The van der Waals surface area contributed by atoms with Gasteiger partial charge in [-0.05, 0) is 87.9 Å². The summed E-state index contributed by atoms with van der Waals surface area (Å²) in [7, 11) is 0. The van der Waals surface area contributed by atoms with E-state index in [-0.39, 0.29) is 17.9 Å². The number of amides is 1. The molecule has 3 fully saturated rings. The lowest BCUT2D eigenvalue weighted by Gasteiger charge is -2.44. The van der Waals surface area contributed by atoms with Crippen molar-refractivity contribution in [2.75, 3.05) is 0 Å². The van der Waals surface area contributed by atoms with E-state index in [4.69, 9.17) is 0 Å². The molecule has 0 heterocycles. The fraction of sp³-hybridized carbons (Fsp3) is 0.815. The minimum Gasteiger partial charge on any atom is -0.393 e. The lowest BCUT2D eigenvalue weighted by atomic mass is 9.60. The summed E-state index contributed by atoms with van der Waals surface area (Å²) in [4.78, 5) is 11.3. The van der Waals surface area contributed by atoms with Crippen molar-refractivity contribution in [3.63, 3.8) is 0 Å². The molecule has 0 aliphatic heterocycles. The van der Waals surface area contributed by atoms with E-state index in [9.17, 15) is 28.2 Å². The van der Waals surface area contributed by atoms with Crippen LogP contribution in [0.25, 0.3) is 0 Å². The van der Waals surface area contributed by atoms with Crippen LogP contribution in [0.4, 0.5) is 13.2 Å². The summed E-state index contributed by atoms with van der Waals surface area (Å²) >= 11 is 0. The molecule has 1 unspecified atom stereocenters. The van der Waals surface area contributed by atoms with Gasteiger partial charge in [0.2, 0.25) is 0 Å². The van der Waals surface area contributed by atoms with E-state index >= 15 is 0 Å². The van der Waals surface area contributed by atoms with Crippen LogP contribution in [0.15, 0.2) is 23.3 Å². The highest BCUT2D eigenvalue weighted by atomic mass is 19.4. The van der Waals surface area contributed by atoms with Crippen LogP contribution >= 0.6 is 0 Å². The molecule has 0 aromatic heterocycles. The summed E-state index contributed by atoms with van der Waals surface area (Å²) in [5.74, 6) is -0.122. The van der Waals surface area contributed by atoms with Crippen molar-refractivity contribution in [2.45, 2.75) is 116 Å². The van der Waals surface area contributed by atoms with Gasteiger partial charge in [-0.25, -0.2) is 0 Å². The van der Waals surface area contributed by atoms with Crippen LogP contribution in [0.3, 0.4) is 0 Å². The van der Waals surface area contributed by atoms with Crippen LogP contribution < -0.4 is 5.32 Å². The highest BCUT2D eigenvalue weighted by Gasteiger charge is 2.50. The SMILES string of the molecule is CC(O)CCC[C@@H](C)[C@H]1CC[C@H]2/C(=C/C=C3/C[C@@H](O)C[C@H](NC(=O)C(F)(F)F)C3)CCC[C@]12C. The molecule has 4 nitrogen and oxygen atoms in total. The highest BCUT2D eigenvalue weighted by Crippen LogP contribution is 2.59. The molecule has 34 heavy (non-hydrogen) atoms. The summed E-state index contributed by atoms with van der Waals surface area (Å²) in [5, 5.41) is 21.8. The van der Waals surface area contributed by atoms with E-state index < -0.39 is 24.2 Å². The predicted octanol–water partition coefficient (Wildman–Crippen LogP) is 5.83. The molecule has 3 aliphatic carbocycles. The topological polar surface area (TPSA) is 69.6 Å². The average Bonchev–Trinajstić information content (AvgIpc) is 3.08. The summed E-state index contributed by atoms with van der Waals surface area (Å²) in [6, 6.07) is -0.697. The van der Waals surface area contributed by atoms with Gasteiger partial charge in [0, 0.05) is 6.04 Å². The third kappa shape index (κ3) is 6.66. The first kappa shape index (κ1) is 27.3. The fourth-order valence-corrected chi connectivity index (χ4v) is 7.09. The van der Waals surface area contributed by atoms with Gasteiger partial charge in [0.25, 0.3) is 0 Å². The number of aliphatic hydroxyl groups is 2. The second kappa shape index (κ2) is 11.2. The summed E-state index contributed by atoms with van der Waals surface area (Å²) in [5.41, 5.74) is 2.59. The molecule has 0 bridgehead atoms. The normalized spacial score (nSPS) is 36.4. The zero-order chi connectivity index (χ0) is 25.1. The van der Waals surface area contributed by atoms with Gasteiger partial charge in [0.1, 0.15) is 0 Å². The lowest BCUT2D eigenvalue weighted by molar-refractivity contribution is -0.174. The Hall–Kier alpha value is -1.34. The van der Waals surface area contributed by atoms with Crippen molar-refractivity contribution in [2.24, 2.45) is 23.2 Å². The van der Waals surface area contributed by atoms with Crippen molar-refractivity contribution >= 4 is 5.91 Å². The van der Waals surface area contributed by atoms with Crippen LogP contribution in [0.2, 0.25) is 0 Å². The zero-order valence-corrected chi connectivity index (χ0v) is 20.8. The Bertz CT molecular complexity index is 776. The molecule has 0 saturated heterocycles. The summed E-state index contributed by atoms with van der Waals surface area (Å²) in [6.45, 7) is 6.65. The van der Waals surface area contributed by atoms with Gasteiger partial charge < -0.3 is 15.5 Å². The zero-order valence-electron chi connectivity index (χ0n) is 20.8. The highest BCUT2D eigenvalue weighted by molar-refractivity contribution is 5.82. The third-order valence-corrected chi connectivity index (χ3v) is 8.69. The molecule has 1 amide bonds. The molecule has 3 aliphatic rings. The number of rotatable bonds is 7. The molecule has 3 rings (SSSR count). The van der Waals surface area contributed by atoms with Gasteiger partial charge in [-0.3, -0.25) is 4.79 Å². The van der Waals surface area contributed by atoms with Crippen LogP contribution in [-0.4, -0.2) is 40.5 Å². The molecule has 3 N–H and O–H groups in total. The minimum absolute atomic E-state index is 0.144. The maximum atomic E-state index is 12.6. The van der Waals surface area contributed by atoms with Gasteiger partial charge in [-0.2, -0.15) is 13.2 Å². The largest absolute Gasteiger partial charge is 0.471 e. The molecule has 3 saturated carbocycles. The number of hydrogen-bond donors (Lipinski definition) is 3. The van der Waals surface area contributed by atoms with Crippen LogP contribution in [0.1, 0.15) is 91.4 Å². The van der Waals surface area contributed by atoms with Gasteiger partial charge in [0.15, 0.2) is 0 Å². The second-order valence-corrected chi connectivity index (χ2v) is 11.4. The number of carbonyl (C=O) groups excluding carboxylic acids is 1. The summed E-state index contributed by atoms with van der Waals surface area (Å²) in [6.07, 6.45) is 8.04. The van der Waals surface area contributed by atoms with E-state index in [1.165, 1.54) is 24.8 Å². The molecule has 0 aromatic rings. The van der Waals surface area contributed by atoms with Crippen molar-refractivity contribution in [3.8, 4) is 0 Å². The Morgan fingerprint density at radius 2 is 1.94 bits per heavy atom. The Balaban J connectivity index is 1.67. The van der Waals surface area contributed by atoms with Crippen molar-refractivity contribution < 1.29 is 28.2 Å². The number of allylic oxidation sites excluding steroid dienone is 3. The maximum Gasteiger partial charge on any atom is 0.471 e. The molecule has 0 spiro atoms. The first-order valence-electron chi connectivity index (χ1n) is 13.0. The number of carbonyl (C=O) groups is 1. The van der Waals surface area contributed by atoms with E-state index in [0.29, 0.717) is 30.6 Å². The van der Waals surface area contributed by atoms with Crippen LogP contribution in [-0.2, 0) is 4.79 Å². The number of fused-ring (bicyclic) bond motifs is 1. The minimum atomic E-state index is -4.91. The van der Waals surface area contributed by atoms with Crippen LogP contribution in [0, 0.1) is 23.2 Å². The number of hydrogen-bond acceptors (Lipinski definition) is 3. The molecule has 194 valence electrons. The molecular weight excluding hydrogens is 443 g/mol. The molecule has 0 radical (unpaired) electrons. The number of nitrogens with one attached hydrogen (secondary N) is 1.